The van der Waals surface area contributed by atoms with E-state index in [1.165, 1.54) is 0 Å². The molecule has 3 heterocycles. The first kappa shape index (κ1) is 28.1. The summed E-state index contributed by atoms with van der Waals surface area (Å²) < 4.78 is 3.57. The number of nitrogens with zero attached hydrogens (tertiary/aromatic N) is 5. The van der Waals surface area contributed by atoms with E-state index in [-0.39, 0.29) is 17.0 Å². The minimum absolute atomic E-state index is 0.0918. The number of urea groups is 1. The normalized spacial score (nSPS) is 13.8. The minimum Gasteiger partial charge on any atom is -0.357 e. The third-order valence-corrected chi connectivity index (χ3v) is 7.84. The Balaban J connectivity index is 1.32. The van der Waals surface area contributed by atoms with Crippen molar-refractivity contribution in [3.8, 4) is 16.8 Å². The number of pyridine rings is 1. The van der Waals surface area contributed by atoms with Gasteiger partial charge in [0.15, 0.2) is 0 Å². The molecule has 0 atom stereocenters. The maximum absolute atomic E-state index is 14.0. The molecule has 10 heteroatoms. The van der Waals surface area contributed by atoms with E-state index >= 15 is 0 Å². The van der Waals surface area contributed by atoms with E-state index in [4.69, 9.17) is 5.10 Å². The molecule has 0 spiro atoms. The number of carbonyl (C=O) groups is 1. The van der Waals surface area contributed by atoms with Gasteiger partial charge in [-0.1, -0.05) is 63.9 Å². The molecule has 0 aliphatic heterocycles. The number of carbonyl (C=O) groups excluding carboxylic acids is 1. The van der Waals surface area contributed by atoms with Gasteiger partial charge < -0.3 is 10.6 Å². The largest absolute Gasteiger partial charge is 0.357 e. The van der Waals surface area contributed by atoms with Gasteiger partial charge in [-0.2, -0.15) is 10.1 Å². The van der Waals surface area contributed by atoms with Crippen LogP contribution in [0.3, 0.4) is 0 Å². The van der Waals surface area contributed by atoms with Crippen molar-refractivity contribution in [2.75, 3.05) is 23.0 Å². The fourth-order valence-corrected chi connectivity index (χ4v) is 5.59. The predicted octanol–water partition coefficient (Wildman–Crippen LogP) is 6.74. The van der Waals surface area contributed by atoms with Crippen LogP contribution in [0.1, 0.15) is 58.2 Å². The zero-order chi connectivity index (χ0) is 30.1. The molecule has 1 saturated carbocycles. The molecular formula is C33H36N8O2. The smallest absolute Gasteiger partial charge is 0.324 e. The summed E-state index contributed by atoms with van der Waals surface area (Å²) in [6.45, 7) is 6.25. The van der Waals surface area contributed by atoms with Crippen LogP contribution in [-0.2, 0) is 5.41 Å². The van der Waals surface area contributed by atoms with Crippen LogP contribution in [0.15, 0.2) is 77.7 Å². The van der Waals surface area contributed by atoms with Crippen molar-refractivity contribution < 1.29 is 4.79 Å². The quantitative estimate of drug-likeness (QED) is 0.206. The van der Waals surface area contributed by atoms with Crippen LogP contribution in [0.5, 0.6) is 0 Å². The molecule has 2 aromatic carbocycles. The van der Waals surface area contributed by atoms with Gasteiger partial charge in [0.25, 0.3) is 5.56 Å². The highest BCUT2D eigenvalue weighted by Gasteiger charge is 2.24. The Morgan fingerprint density at radius 2 is 1.72 bits per heavy atom. The molecule has 3 N–H and O–H groups in total. The highest BCUT2D eigenvalue weighted by molar-refractivity contribution is 6.00. The second-order valence-corrected chi connectivity index (χ2v) is 12.0. The first-order chi connectivity index (χ1) is 20.7. The van der Waals surface area contributed by atoms with Crippen LogP contribution in [-0.4, -0.2) is 37.4 Å². The molecule has 6 rings (SSSR count). The van der Waals surface area contributed by atoms with Gasteiger partial charge in [-0.25, -0.2) is 14.5 Å². The molecule has 2 amide bonds. The van der Waals surface area contributed by atoms with Gasteiger partial charge in [0.1, 0.15) is 11.5 Å². The predicted molar refractivity (Wildman–Crippen MR) is 171 cm³/mol. The van der Waals surface area contributed by atoms with Crippen molar-refractivity contribution in [2.24, 2.45) is 0 Å². The monoisotopic (exact) mass is 576 g/mol. The summed E-state index contributed by atoms with van der Waals surface area (Å²) in [5.41, 5.74) is 3.85. The summed E-state index contributed by atoms with van der Waals surface area (Å²) in [4.78, 5) is 36.3. The van der Waals surface area contributed by atoms with Crippen molar-refractivity contribution in [1.82, 2.24) is 24.3 Å². The lowest BCUT2D eigenvalue weighted by Crippen LogP contribution is -2.26. The Labute approximate surface area is 250 Å². The molecule has 43 heavy (non-hydrogen) atoms. The number of nitrogens with one attached hydrogen (secondary N) is 3. The highest BCUT2D eigenvalue weighted by atomic mass is 16.2. The molecule has 5 aromatic rings. The Hall–Kier alpha value is -4.99. The zero-order valence-corrected chi connectivity index (χ0v) is 24.9. The molecular weight excluding hydrogens is 540 g/mol. The van der Waals surface area contributed by atoms with E-state index < -0.39 is 6.03 Å². The topological polar surface area (TPSA) is 119 Å². The number of hydrogen-bond donors (Lipinski definition) is 3. The molecule has 0 bridgehead atoms. The van der Waals surface area contributed by atoms with E-state index in [0.29, 0.717) is 34.2 Å². The highest BCUT2D eigenvalue weighted by Crippen LogP contribution is 2.32. The van der Waals surface area contributed by atoms with Crippen molar-refractivity contribution in [2.45, 2.75) is 57.9 Å². The molecule has 10 nitrogen and oxygen atoms in total. The standard InChI is InChI=1S/C33H36N8O2/c1-33(2,3)27-19-28(41(39-27)25-15-6-5-7-16-25)37-32(43)36-23-12-10-11-21(17-23)26-18-22-20-35-31(34-4)38-29(22)40(30(26)42)24-13-8-9-14-24/h5-7,10-12,15-20,24H,8-9,13-14H2,1-4H3,(H,34,35,38)(H2,36,37,43). The number of rotatable bonds is 6. The van der Waals surface area contributed by atoms with Gasteiger partial charge in [0.05, 0.1) is 11.4 Å². The maximum Gasteiger partial charge on any atom is 0.324 e. The van der Waals surface area contributed by atoms with Crippen molar-refractivity contribution in [3.63, 3.8) is 0 Å². The van der Waals surface area contributed by atoms with Gasteiger partial charge in [-0.05, 0) is 48.7 Å². The number of fused-ring (bicyclic) bond motifs is 1. The average molecular weight is 577 g/mol. The molecule has 3 aromatic heterocycles. The fraction of sp³-hybridized carbons (Fsp3) is 0.303. The van der Waals surface area contributed by atoms with Gasteiger partial charge in [0, 0.05) is 47.4 Å². The number of hydrogen-bond acceptors (Lipinski definition) is 6. The van der Waals surface area contributed by atoms with E-state index in [0.717, 1.165) is 42.5 Å². The molecule has 1 fully saturated rings. The van der Waals surface area contributed by atoms with Crippen LogP contribution >= 0.6 is 0 Å². The van der Waals surface area contributed by atoms with Crippen LogP contribution in [0.25, 0.3) is 27.8 Å². The summed E-state index contributed by atoms with van der Waals surface area (Å²) in [6.07, 6.45) is 5.80. The molecule has 1 aliphatic carbocycles. The number of para-hydroxylation sites is 1. The summed E-state index contributed by atoms with van der Waals surface area (Å²) in [6, 6.07) is 20.4. The Morgan fingerprint density at radius 3 is 2.44 bits per heavy atom. The average Bonchev–Trinajstić information content (AvgIpc) is 3.68. The molecule has 0 unspecified atom stereocenters. The van der Waals surface area contributed by atoms with E-state index in [9.17, 15) is 9.59 Å². The van der Waals surface area contributed by atoms with Crippen LogP contribution in [0, 0.1) is 0 Å². The van der Waals surface area contributed by atoms with Crippen LogP contribution in [0.4, 0.5) is 22.2 Å². The molecule has 220 valence electrons. The lowest BCUT2D eigenvalue weighted by molar-refractivity contribution is 0.262. The Kier molecular flexibility index (Phi) is 7.43. The Bertz CT molecular complexity index is 1850. The fourth-order valence-electron chi connectivity index (χ4n) is 5.59. The minimum atomic E-state index is -0.412. The van der Waals surface area contributed by atoms with Crippen molar-refractivity contribution in [3.05, 3.63) is 89.0 Å². The summed E-state index contributed by atoms with van der Waals surface area (Å²) in [5.74, 6) is 1.03. The van der Waals surface area contributed by atoms with E-state index in [1.54, 1.807) is 24.0 Å². The second kappa shape index (κ2) is 11.4. The van der Waals surface area contributed by atoms with Gasteiger partial charge in [0.2, 0.25) is 5.95 Å². The van der Waals surface area contributed by atoms with Gasteiger partial charge in [-0.15, -0.1) is 0 Å². The van der Waals surface area contributed by atoms with Crippen LogP contribution < -0.4 is 21.5 Å². The molecule has 0 saturated heterocycles. The van der Waals surface area contributed by atoms with Crippen LogP contribution in [0.2, 0.25) is 0 Å². The van der Waals surface area contributed by atoms with E-state index in [1.807, 2.05) is 65.2 Å². The first-order valence-electron chi connectivity index (χ1n) is 14.7. The third kappa shape index (κ3) is 5.73. The zero-order valence-electron chi connectivity index (χ0n) is 24.9. The third-order valence-electron chi connectivity index (χ3n) is 7.84. The molecule has 1 aliphatic rings. The summed E-state index contributed by atoms with van der Waals surface area (Å²) >= 11 is 0. The Morgan fingerprint density at radius 1 is 0.953 bits per heavy atom. The lowest BCUT2D eigenvalue weighted by Gasteiger charge is -2.18. The number of amides is 2. The number of benzene rings is 2. The van der Waals surface area contributed by atoms with Gasteiger partial charge >= 0.3 is 6.03 Å². The lowest BCUT2D eigenvalue weighted by atomic mass is 9.92. The molecule has 0 radical (unpaired) electrons. The SMILES string of the molecule is CNc1ncc2cc(-c3cccc(NC(=O)Nc4cc(C(C)(C)C)nn4-c4ccccc4)c3)c(=O)n(C3CCCC3)c2n1. The number of anilines is 3. The van der Waals surface area contributed by atoms with Crippen molar-refractivity contribution >= 4 is 34.5 Å². The summed E-state index contributed by atoms with van der Waals surface area (Å²) in [7, 11) is 1.77. The second-order valence-electron chi connectivity index (χ2n) is 12.0. The first-order valence-corrected chi connectivity index (χ1v) is 14.7. The van der Waals surface area contributed by atoms with Gasteiger partial charge in [-0.3, -0.25) is 14.7 Å². The van der Waals surface area contributed by atoms with E-state index in [2.05, 4.69) is 46.7 Å². The number of aromatic nitrogens is 5. The maximum atomic E-state index is 14.0. The summed E-state index contributed by atoms with van der Waals surface area (Å²) in [5, 5.41) is 14.4. The van der Waals surface area contributed by atoms with Crippen molar-refractivity contribution in [1.29, 1.82) is 0 Å².